The van der Waals surface area contributed by atoms with E-state index in [4.69, 9.17) is 0 Å². The van der Waals surface area contributed by atoms with E-state index in [-0.39, 0.29) is 5.91 Å². The summed E-state index contributed by atoms with van der Waals surface area (Å²) in [6.07, 6.45) is 4.03. The van der Waals surface area contributed by atoms with Gasteiger partial charge in [-0.25, -0.2) is 0 Å². The maximum absolute atomic E-state index is 11.8. The van der Waals surface area contributed by atoms with Crippen LogP contribution in [0.1, 0.15) is 30.1 Å². The predicted molar refractivity (Wildman–Crippen MR) is 91.5 cm³/mol. The van der Waals surface area contributed by atoms with Crippen molar-refractivity contribution in [3.05, 3.63) is 54.4 Å². The summed E-state index contributed by atoms with van der Waals surface area (Å²) >= 11 is 1.43. The fourth-order valence-corrected chi connectivity index (χ4v) is 3.11. The van der Waals surface area contributed by atoms with Crippen molar-refractivity contribution in [2.45, 2.75) is 30.5 Å². The summed E-state index contributed by atoms with van der Waals surface area (Å²) in [6, 6.07) is 10.3. The summed E-state index contributed by atoms with van der Waals surface area (Å²) < 4.78 is 2.15. The number of carbonyl (C=O) groups excluding carboxylic acids is 1. The van der Waals surface area contributed by atoms with Crippen LogP contribution in [0.25, 0.3) is 0 Å². The Morgan fingerprint density at radius 1 is 1.35 bits per heavy atom. The molecule has 1 heterocycles. The Balaban J connectivity index is 1.72. The first-order valence-corrected chi connectivity index (χ1v) is 8.74. The quantitative estimate of drug-likeness (QED) is 0.598. The molecule has 0 spiro atoms. The molecular weight excluding hydrogens is 308 g/mol. The molecule has 5 nitrogen and oxygen atoms in total. The lowest BCUT2D eigenvalue weighted by Gasteiger charge is -2.10. The highest BCUT2D eigenvalue weighted by Gasteiger charge is 2.30. The van der Waals surface area contributed by atoms with Gasteiger partial charge in [-0.15, -0.1) is 16.8 Å². The number of nitrogens with one attached hydrogen (secondary N) is 1. The van der Waals surface area contributed by atoms with Crippen molar-refractivity contribution in [3.63, 3.8) is 0 Å². The van der Waals surface area contributed by atoms with Crippen LogP contribution in [0.3, 0.4) is 0 Å². The summed E-state index contributed by atoms with van der Waals surface area (Å²) in [7, 11) is 0. The van der Waals surface area contributed by atoms with E-state index in [0.717, 1.165) is 17.5 Å². The zero-order valence-corrected chi connectivity index (χ0v) is 13.8. The van der Waals surface area contributed by atoms with E-state index < -0.39 is 0 Å². The van der Waals surface area contributed by atoms with Crippen molar-refractivity contribution in [2.75, 3.05) is 12.3 Å². The van der Waals surface area contributed by atoms with Crippen molar-refractivity contribution in [1.29, 1.82) is 0 Å². The van der Waals surface area contributed by atoms with Crippen LogP contribution >= 0.6 is 11.8 Å². The molecular formula is C17H20N4OS. The molecule has 6 heteroatoms. The van der Waals surface area contributed by atoms with Crippen LogP contribution in [0.4, 0.5) is 0 Å². The number of thioether (sulfide) groups is 1. The monoisotopic (exact) mass is 328 g/mol. The SMILES string of the molecule is C=CCNC(=O)CSc1nnc(C2CC2)n1Cc1ccccc1. The summed E-state index contributed by atoms with van der Waals surface area (Å²) in [5.41, 5.74) is 1.21. The summed E-state index contributed by atoms with van der Waals surface area (Å²) in [5, 5.41) is 12.2. The molecule has 1 aliphatic carbocycles. The minimum Gasteiger partial charge on any atom is -0.352 e. The van der Waals surface area contributed by atoms with Gasteiger partial charge in [0.2, 0.25) is 5.91 Å². The van der Waals surface area contributed by atoms with E-state index in [1.807, 2.05) is 18.2 Å². The van der Waals surface area contributed by atoms with Gasteiger partial charge < -0.3 is 9.88 Å². The molecule has 1 amide bonds. The van der Waals surface area contributed by atoms with E-state index in [2.05, 4.69) is 38.8 Å². The molecule has 120 valence electrons. The van der Waals surface area contributed by atoms with Crippen LogP contribution in [-0.4, -0.2) is 33.0 Å². The highest BCUT2D eigenvalue weighted by Crippen LogP contribution is 2.40. The van der Waals surface area contributed by atoms with Gasteiger partial charge in [0.15, 0.2) is 5.16 Å². The van der Waals surface area contributed by atoms with E-state index in [0.29, 0.717) is 18.2 Å². The normalized spacial score (nSPS) is 13.7. The molecule has 1 aromatic carbocycles. The average molecular weight is 328 g/mol. The van der Waals surface area contributed by atoms with Gasteiger partial charge in [-0.1, -0.05) is 48.2 Å². The zero-order valence-electron chi connectivity index (χ0n) is 12.9. The molecule has 0 saturated heterocycles. The van der Waals surface area contributed by atoms with Crippen molar-refractivity contribution in [1.82, 2.24) is 20.1 Å². The van der Waals surface area contributed by atoms with Crippen molar-refractivity contribution < 1.29 is 4.79 Å². The number of hydrogen-bond acceptors (Lipinski definition) is 4. The molecule has 1 N–H and O–H groups in total. The predicted octanol–water partition coefficient (Wildman–Crippen LogP) is 2.60. The van der Waals surface area contributed by atoms with E-state index in [9.17, 15) is 4.79 Å². The average Bonchev–Trinajstić information content (AvgIpc) is 3.34. The van der Waals surface area contributed by atoms with Crippen molar-refractivity contribution >= 4 is 17.7 Å². The summed E-state index contributed by atoms with van der Waals surface area (Å²) in [6.45, 7) is 4.83. The van der Waals surface area contributed by atoms with Crippen LogP contribution in [0, 0.1) is 0 Å². The van der Waals surface area contributed by atoms with Crippen LogP contribution in [-0.2, 0) is 11.3 Å². The third-order valence-corrected chi connectivity index (χ3v) is 4.61. The van der Waals surface area contributed by atoms with Gasteiger partial charge in [0, 0.05) is 12.5 Å². The second kappa shape index (κ2) is 7.46. The van der Waals surface area contributed by atoms with E-state index in [1.165, 1.54) is 30.2 Å². The number of benzene rings is 1. The Hall–Kier alpha value is -2.08. The summed E-state index contributed by atoms with van der Waals surface area (Å²) in [4.78, 5) is 11.8. The molecule has 2 aromatic rings. The number of amides is 1. The standard InChI is InChI=1S/C17H20N4OS/c1-2-10-18-15(22)12-23-17-20-19-16(14-8-9-14)21(17)11-13-6-4-3-5-7-13/h2-7,14H,1,8-12H2,(H,18,22). The van der Waals surface area contributed by atoms with Crippen LogP contribution in [0.2, 0.25) is 0 Å². The molecule has 0 unspecified atom stereocenters. The Labute approximate surface area is 140 Å². The van der Waals surface area contributed by atoms with Gasteiger partial charge in [-0.05, 0) is 18.4 Å². The van der Waals surface area contributed by atoms with Gasteiger partial charge in [0.05, 0.1) is 12.3 Å². The molecule has 0 aliphatic heterocycles. The third kappa shape index (κ3) is 4.22. The van der Waals surface area contributed by atoms with E-state index >= 15 is 0 Å². The first-order valence-electron chi connectivity index (χ1n) is 7.75. The highest BCUT2D eigenvalue weighted by molar-refractivity contribution is 7.99. The smallest absolute Gasteiger partial charge is 0.230 e. The lowest BCUT2D eigenvalue weighted by molar-refractivity contribution is -0.118. The second-order valence-corrected chi connectivity index (χ2v) is 6.51. The Morgan fingerprint density at radius 2 is 2.13 bits per heavy atom. The fraction of sp³-hybridized carbons (Fsp3) is 0.353. The summed E-state index contributed by atoms with van der Waals surface area (Å²) in [5.74, 6) is 1.89. The van der Waals surface area contributed by atoms with Crippen molar-refractivity contribution in [2.24, 2.45) is 0 Å². The first kappa shape index (κ1) is 15.8. The topological polar surface area (TPSA) is 59.8 Å². The largest absolute Gasteiger partial charge is 0.352 e. The van der Waals surface area contributed by atoms with Gasteiger partial charge in [-0.3, -0.25) is 4.79 Å². The molecule has 0 atom stereocenters. The van der Waals surface area contributed by atoms with Gasteiger partial charge in [-0.2, -0.15) is 0 Å². The molecule has 1 fully saturated rings. The Bertz CT molecular complexity index is 679. The lowest BCUT2D eigenvalue weighted by Crippen LogP contribution is -2.25. The maximum Gasteiger partial charge on any atom is 0.230 e. The minimum absolute atomic E-state index is 0.0165. The fourth-order valence-electron chi connectivity index (χ4n) is 2.33. The number of hydrogen-bond donors (Lipinski definition) is 1. The molecule has 3 rings (SSSR count). The minimum atomic E-state index is -0.0165. The molecule has 0 bridgehead atoms. The number of rotatable bonds is 8. The number of carbonyl (C=O) groups is 1. The third-order valence-electron chi connectivity index (χ3n) is 3.65. The van der Waals surface area contributed by atoms with Gasteiger partial charge in [0.25, 0.3) is 0 Å². The van der Waals surface area contributed by atoms with Gasteiger partial charge >= 0.3 is 0 Å². The lowest BCUT2D eigenvalue weighted by atomic mass is 10.2. The van der Waals surface area contributed by atoms with E-state index in [1.54, 1.807) is 6.08 Å². The molecule has 0 radical (unpaired) electrons. The van der Waals surface area contributed by atoms with Gasteiger partial charge in [0.1, 0.15) is 5.82 Å². The molecule has 1 aliphatic rings. The first-order chi connectivity index (χ1) is 11.3. The highest BCUT2D eigenvalue weighted by atomic mass is 32.2. The van der Waals surface area contributed by atoms with Crippen LogP contribution in [0.15, 0.2) is 48.1 Å². The second-order valence-electron chi connectivity index (χ2n) is 5.57. The Kier molecular flexibility index (Phi) is 5.12. The van der Waals surface area contributed by atoms with Crippen LogP contribution in [0.5, 0.6) is 0 Å². The molecule has 23 heavy (non-hydrogen) atoms. The molecule has 1 saturated carbocycles. The van der Waals surface area contributed by atoms with Crippen molar-refractivity contribution in [3.8, 4) is 0 Å². The van der Waals surface area contributed by atoms with Crippen LogP contribution < -0.4 is 5.32 Å². The number of nitrogens with zero attached hydrogens (tertiary/aromatic N) is 3. The molecule has 1 aromatic heterocycles. The Morgan fingerprint density at radius 3 is 2.83 bits per heavy atom. The zero-order chi connectivity index (χ0) is 16.1. The number of aromatic nitrogens is 3. The maximum atomic E-state index is 11.8.